The summed E-state index contributed by atoms with van der Waals surface area (Å²) in [5.41, 5.74) is 2.00. The van der Waals surface area contributed by atoms with E-state index in [0.717, 1.165) is 10.6 Å². The zero-order valence-electron chi connectivity index (χ0n) is 29.7. The van der Waals surface area contributed by atoms with Gasteiger partial charge in [-0.25, -0.2) is 9.18 Å². The van der Waals surface area contributed by atoms with Gasteiger partial charge in [-0.2, -0.15) is 0 Å². The van der Waals surface area contributed by atoms with E-state index in [0.29, 0.717) is 34.0 Å². The Hall–Kier alpha value is -3.82. The van der Waals surface area contributed by atoms with Crippen molar-refractivity contribution in [1.29, 1.82) is 0 Å². The van der Waals surface area contributed by atoms with Gasteiger partial charge in [0.1, 0.15) is 17.3 Å². The Bertz CT molecular complexity index is 2410. The van der Waals surface area contributed by atoms with Gasteiger partial charge in [-0.15, -0.1) is 10.1 Å². The van der Waals surface area contributed by atoms with Crippen LogP contribution >= 0.6 is 30.9 Å². The van der Waals surface area contributed by atoms with Gasteiger partial charge in [0.2, 0.25) is 0 Å². The molecule has 0 saturated carbocycles. The van der Waals surface area contributed by atoms with E-state index in [-0.39, 0.29) is 48.7 Å². The van der Waals surface area contributed by atoms with Gasteiger partial charge in [0.25, 0.3) is 5.09 Å². The molecule has 1 N–H and O–H groups in total. The van der Waals surface area contributed by atoms with Crippen LogP contribution in [0.25, 0.3) is 16.9 Å². The molecule has 56 heavy (non-hydrogen) atoms. The van der Waals surface area contributed by atoms with Crippen LogP contribution in [-0.2, 0) is 55.2 Å². The molecule has 0 radical (unpaired) electrons. The fourth-order valence-electron chi connectivity index (χ4n) is 5.88. The molecule has 19 heteroatoms. The number of unbranched alkanes of at least 4 members (excludes halogenated alkanes) is 1. The molecule has 4 aromatic carbocycles. The molecule has 5 aromatic rings. The third-order valence-corrected chi connectivity index (χ3v) is 40.7. The van der Waals surface area contributed by atoms with Crippen LogP contribution in [0.2, 0.25) is 0 Å². The molecule has 0 bridgehead atoms. The molecular formula is C37H33FN2O9P2S5. The van der Waals surface area contributed by atoms with Crippen molar-refractivity contribution in [3.63, 3.8) is 0 Å². The lowest BCUT2D eigenvalue weighted by atomic mass is 10.0. The Kier molecular flexibility index (Phi) is 13.3. The van der Waals surface area contributed by atoms with Crippen LogP contribution in [0.1, 0.15) is 34.5 Å². The molecule has 1 aromatic heterocycles. The van der Waals surface area contributed by atoms with Gasteiger partial charge in [0.05, 0.1) is 39.8 Å². The average Bonchev–Trinajstić information content (AvgIpc) is 3.43. The predicted octanol–water partition coefficient (Wildman–Crippen LogP) is 8.38. The third kappa shape index (κ3) is 9.47. The Balaban J connectivity index is 1.33. The Morgan fingerprint density at radius 1 is 0.929 bits per heavy atom. The van der Waals surface area contributed by atoms with Crippen molar-refractivity contribution in [1.82, 2.24) is 4.57 Å². The Labute approximate surface area is 341 Å². The summed E-state index contributed by atoms with van der Waals surface area (Å²) in [4.78, 5) is 43.0. The molecule has 2 heterocycles. The molecule has 1 aliphatic heterocycles. The van der Waals surface area contributed by atoms with Crippen LogP contribution in [0.15, 0.2) is 102 Å². The number of aromatic hydroxyl groups is 1. The van der Waals surface area contributed by atoms with Crippen molar-refractivity contribution >= 4 is 87.8 Å². The molecule has 1 aliphatic rings. The maximum atomic E-state index is 14.7. The van der Waals surface area contributed by atoms with Crippen molar-refractivity contribution in [2.45, 2.75) is 31.1 Å². The monoisotopic (exact) mass is 890 g/mol. The SMILES string of the molecule is Cc1c(CC(=O)OCCCCO[N+](=O)[O-])c(C(=O)Oc2ccc(P3(=S)SP(=S)(c4ccc(O)cc4)S3)cc2)c(-c2ccc(S(C)=O)cc2)n1-c1cccc(F)c1. The van der Waals surface area contributed by atoms with Crippen LogP contribution in [0, 0.1) is 22.9 Å². The van der Waals surface area contributed by atoms with Crippen molar-refractivity contribution in [3.8, 4) is 28.4 Å². The van der Waals surface area contributed by atoms with E-state index in [9.17, 15) is 33.4 Å². The number of esters is 2. The number of carbonyl (C=O) groups is 2. The Morgan fingerprint density at radius 2 is 1.54 bits per heavy atom. The van der Waals surface area contributed by atoms with Gasteiger partial charge in [0, 0.05) is 43.9 Å². The molecule has 6 rings (SSSR count). The number of rotatable bonds is 15. The lowest BCUT2D eigenvalue weighted by molar-refractivity contribution is -0.757. The topological polar surface area (TPSA) is 147 Å². The minimum absolute atomic E-state index is 0.0365. The normalized spacial score (nSPS) is 18.1. The highest BCUT2D eigenvalue weighted by Gasteiger charge is 2.46. The summed E-state index contributed by atoms with van der Waals surface area (Å²) >= 11 is 15.3. The van der Waals surface area contributed by atoms with Crippen molar-refractivity contribution in [3.05, 3.63) is 130 Å². The first-order valence-corrected chi connectivity index (χ1v) is 28.0. The highest BCUT2D eigenvalue weighted by molar-refractivity contribution is 9.48. The van der Waals surface area contributed by atoms with Crippen LogP contribution in [0.5, 0.6) is 11.5 Å². The molecule has 0 spiro atoms. The van der Waals surface area contributed by atoms with Crippen LogP contribution in [0.4, 0.5) is 4.39 Å². The molecule has 0 aliphatic carbocycles. The second-order valence-electron chi connectivity index (χ2n) is 12.3. The molecule has 1 atom stereocenters. The number of aromatic nitrogens is 1. The zero-order chi connectivity index (χ0) is 40.2. The summed E-state index contributed by atoms with van der Waals surface area (Å²) in [7, 11) is -1.29. The highest BCUT2D eigenvalue weighted by atomic mass is 33.7. The number of ether oxygens (including phenoxy) is 2. The molecule has 1 unspecified atom stereocenters. The minimum atomic E-state index is -2.14. The zero-order valence-corrected chi connectivity index (χ0v) is 35.6. The largest absolute Gasteiger partial charge is 0.508 e. The number of carbonyl (C=O) groups excluding carboxylic acids is 2. The average molecular weight is 891 g/mol. The number of benzene rings is 4. The molecule has 1 saturated heterocycles. The number of phenols is 1. The number of phenolic OH excluding ortho intramolecular Hbond substituents is 1. The van der Waals surface area contributed by atoms with Gasteiger partial charge < -0.3 is 24.0 Å². The molecule has 11 nitrogen and oxygen atoms in total. The highest BCUT2D eigenvalue weighted by Crippen LogP contribution is 3.04. The molecule has 0 amide bonds. The second-order valence-corrected chi connectivity index (χ2v) is 35.0. The Morgan fingerprint density at radius 3 is 2.12 bits per heavy atom. The van der Waals surface area contributed by atoms with Crippen LogP contribution < -0.4 is 15.3 Å². The molecule has 292 valence electrons. The number of hydrogen-bond donors (Lipinski definition) is 1. The first-order valence-electron chi connectivity index (χ1n) is 16.8. The van der Waals surface area contributed by atoms with E-state index in [2.05, 4.69) is 4.84 Å². The van der Waals surface area contributed by atoms with E-state index < -0.39 is 42.5 Å². The number of hydrogen-bond acceptors (Lipinski definition) is 13. The lowest BCUT2D eigenvalue weighted by Gasteiger charge is -2.40. The fourth-order valence-corrected chi connectivity index (χ4v) is 48.7. The van der Waals surface area contributed by atoms with E-state index in [1.54, 1.807) is 94.3 Å². The van der Waals surface area contributed by atoms with Crippen molar-refractivity contribution < 1.29 is 42.7 Å². The lowest BCUT2D eigenvalue weighted by Crippen LogP contribution is -2.16. The predicted molar refractivity (Wildman–Crippen MR) is 228 cm³/mol. The summed E-state index contributed by atoms with van der Waals surface area (Å²) in [5, 5.41) is 21.1. The smallest absolute Gasteiger partial charge is 0.346 e. The van der Waals surface area contributed by atoms with Gasteiger partial charge in [-0.1, -0.05) is 63.8 Å². The number of halogens is 1. The maximum absolute atomic E-state index is 14.7. The summed E-state index contributed by atoms with van der Waals surface area (Å²) in [5.74, 6) is -1.58. The first kappa shape index (κ1) is 41.8. The van der Waals surface area contributed by atoms with Crippen molar-refractivity contribution in [2.75, 3.05) is 19.5 Å². The van der Waals surface area contributed by atoms with E-state index in [1.165, 1.54) is 18.2 Å². The van der Waals surface area contributed by atoms with Gasteiger partial charge in [0.15, 0.2) is 0 Å². The van der Waals surface area contributed by atoms with Crippen LogP contribution in [-0.4, -0.2) is 50.4 Å². The van der Waals surface area contributed by atoms with E-state index >= 15 is 0 Å². The van der Waals surface area contributed by atoms with Crippen LogP contribution in [0.3, 0.4) is 0 Å². The van der Waals surface area contributed by atoms with Gasteiger partial charge in [-0.3, -0.25) is 9.00 Å². The van der Waals surface area contributed by atoms with Crippen molar-refractivity contribution in [2.24, 2.45) is 0 Å². The quantitative estimate of drug-likeness (QED) is 0.0268. The standard InChI is InChI=1S/C37H33FN2O9P2S5/c1-24-33(23-34(42)47-20-3-4-21-48-40(44)45)35(36(25-8-18-32(19-9-25)56(2)46)39(24)27-7-5-6-26(38)22-27)37(43)49-29-12-16-31(17-13-29)51(53)54-50(52,55-51)30-14-10-28(41)11-15-30/h5-19,22,41H,3-4,20-21,23H2,1-2H3. The second kappa shape index (κ2) is 17.8. The first-order chi connectivity index (χ1) is 26.7. The van der Waals surface area contributed by atoms with E-state index in [1.807, 2.05) is 24.3 Å². The summed E-state index contributed by atoms with van der Waals surface area (Å²) in [6, 6.07) is 26.4. The van der Waals surface area contributed by atoms with E-state index in [4.69, 9.17) is 33.1 Å². The van der Waals surface area contributed by atoms with Gasteiger partial charge >= 0.3 is 11.9 Å². The summed E-state index contributed by atoms with van der Waals surface area (Å²) in [6.45, 7) is 1.52. The summed E-state index contributed by atoms with van der Waals surface area (Å²) < 4.78 is 35.9. The maximum Gasteiger partial charge on any atom is 0.346 e. The van der Waals surface area contributed by atoms with Gasteiger partial charge in [-0.05, 0) is 110 Å². The fraction of sp³-hybridized carbons (Fsp3) is 0.189. The minimum Gasteiger partial charge on any atom is -0.508 e. The number of nitrogens with zero attached hydrogens (tertiary/aromatic N) is 2. The molecule has 1 fully saturated rings. The molecular weight excluding hydrogens is 858 g/mol. The summed E-state index contributed by atoms with van der Waals surface area (Å²) in [6.07, 6.45) is 1.78. The third-order valence-electron chi connectivity index (χ3n) is 8.54.